The molecular formula is C16H19BrN2O. The molecule has 1 aromatic carbocycles. The Morgan fingerprint density at radius 3 is 2.40 bits per heavy atom. The summed E-state index contributed by atoms with van der Waals surface area (Å²) in [6.45, 7) is 7.95. The van der Waals surface area contributed by atoms with Crippen LogP contribution in [-0.4, -0.2) is 15.6 Å². The van der Waals surface area contributed by atoms with Gasteiger partial charge in [-0.1, -0.05) is 30.3 Å². The third-order valence-electron chi connectivity index (χ3n) is 3.52. The van der Waals surface area contributed by atoms with Gasteiger partial charge in [-0.25, -0.2) is 0 Å². The van der Waals surface area contributed by atoms with Gasteiger partial charge in [0.15, 0.2) is 5.78 Å². The number of rotatable bonds is 4. The van der Waals surface area contributed by atoms with Crippen molar-refractivity contribution >= 4 is 21.7 Å². The number of carbonyl (C=O) groups is 1. The van der Waals surface area contributed by atoms with Crippen molar-refractivity contribution in [2.45, 2.75) is 39.2 Å². The maximum Gasteiger partial charge on any atom is 0.191 e. The zero-order valence-electron chi connectivity index (χ0n) is 12.2. The first-order valence-corrected chi connectivity index (χ1v) is 7.48. The van der Waals surface area contributed by atoms with Gasteiger partial charge in [-0.15, -0.1) is 0 Å². The molecule has 1 aromatic heterocycles. The number of ketones is 1. The lowest BCUT2D eigenvalue weighted by Crippen LogP contribution is -2.31. The van der Waals surface area contributed by atoms with Gasteiger partial charge in [0.05, 0.1) is 16.1 Å². The first-order valence-electron chi connectivity index (χ1n) is 6.69. The first kappa shape index (κ1) is 15.0. The van der Waals surface area contributed by atoms with Gasteiger partial charge in [0.2, 0.25) is 0 Å². The van der Waals surface area contributed by atoms with Crippen molar-refractivity contribution in [1.82, 2.24) is 9.78 Å². The molecule has 0 amide bonds. The van der Waals surface area contributed by atoms with Gasteiger partial charge >= 0.3 is 0 Å². The lowest BCUT2D eigenvalue weighted by Gasteiger charge is -2.25. The number of hydrogen-bond donors (Lipinski definition) is 0. The molecule has 2 aromatic rings. The summed E-state index contributed by atoms with van der Waals surface area (Å²) >= 11 is 3.45. The summed E-state index contributed by atoms with van der Waals surface area (Å²) in [7, 11) is 0. The summed E-state index contributed by atoms with van der Waals surface area (Å²) < 4.78 is 2.53. The molecule has 0 aliphatic carbocycles. The molecule has 106 valence electrons. The fraction of sp³-hybridized carbons (Fsp3) is 0.375. The molecule has 4 heteroatoms. The van der Waals surface area contributed by atoms with E-state index in [1.807, 2.05) is 58.0 Å². The molecule has 0 aliphatic heterocycles. The van der Waals surface area contributed by atoms with Gasteiger partial charge in [0.1, 0.15) is 5.69 Å². The van der Waals surface area contributed by atoms with Crippen LogP contribution in [0.5, 0.6) is 0 Å². The summed E-state index contributed by atoms with van der Waals surface area (Å²) in [5.41, 5.74) is 1.05. The molecule has 0 N–H and O–H groups in total. The Morgan fingerprint density at radius 1 is 1.25 bits per heavy atom. The van der Waals surface area contributed by atoms with Crippen LogP contribution in [0, 0.1) is 0 Å². The fourth-order valence-electron chi connectivity index (χ4n) is 2.23. The van der Waals surface area contributed by atoms with Crippen LogP contribution in [0.1, 0.15) is 49.8 Å². The van der Waals surface area contributed by atoms with E-state index >= 15 is 0 Å². The molecule has 3 nitrogen and oxygen atoms in total. The van der Waals surface area contributed by atoms with Crippen molar-refractivity contribution < 1.29 is 4.79 Å². The van der Waals surface area contributed by atoms with Crippen molar-refractivity contribution in [2.24, 2.45) is 0 Å². The van der Waals surface area contributed by atoms with Crippen molar-refractivity contribution in [2.75, 3.05) is 0 Å². The number of hydrogen-bond acceptors (Lipinski definition) is 2. The lowest BCUT2D eigenvalue weighted by atomic mass is 9.79. The fourth-order valence-corrected chi connectivity index (χ4v) is 2.68. The Labute approximate surface area is 128 Å². The summed E-state index contributed by atoms with van der Waals surface area (Å²) in [4.78, 5) is 13.0. The second-order valence-corrected chi connectivity index (χ2v) is 6.55. The number of aromatic nitrogens is 2. The SMILES string of the molecule is CC(C)n1ncc(Br)c1C(=O)C(C)(C)c1ccccc1. The summed E-state index contributed by atoms with van der Waals surface area (Å²) in [5, 5.41) is 4.29. The van der Waals surface area contributed by atoms with Crippen LogP contribution in [0.2, 0.25) is 0 Å². The van der Waals surface area contributed by atoms with E-state index in [1.165, 1.54) is 0 Å². The van der Waals surface area contributed by atoms with Crippen molar-refractivity contribution in [3.05, 3.63) is 52.3 Å². The number of Topliss-reactive ketones (excluding diaryl/α,β-unsaturated/α-hetero) is 1. The van der Waals surface area contributed by atoms with Gasteiger partial charge < -0.3 is 0 Å². The first-order chi connectivity index (χ1) is 9.35. The van der Waals surface area contributed by atoms with Gasteiger partial charge in [-0.3, -0.25) is 9.48 Å². The van der Waals surface area contributed by atoms with Crippen LogP contribution in [0.4, 0.5) is 0 Å². The molecule has 0 fully saturated rings. The Bertz CT molecular complexity index is 615. The zero-order chi connectivity index (χ0) is 14.9. The molecule has 20 heavy (non-hydrogen) atoms. The molecule has 0 aliphatic rings. The Kier molecular flexibility index (Phi) is 4.14. The highest BCUT2D eigenvalue weighted by Gasteiger charge is 2.34. The maximum atomic E-state index is 13.0. The smallest absolute Gasteiger partial charge is 0.191 e. The number of benzene rings is 1. The van der Waals surface area contributed by atoms with Crippen LogP contribution in [0.25, 0.3) is 0 Å². The van der Waals surface area contributed by atoms with Crippen molar-refractivity contribution in [3.63, 3.8) is 0 Å². The van der Waals surface area contributed by atoms with Crippen molar-refractivity contribution in [1.29, 1.82) is 0 Å². The molecule has 1 heterocycles. The molecular weight excluding hydrogens is 316 g/mol. The topological polar surface area (TPSA) is 34.9 Å². The van der Waals surface area contributed by atoms with Gasteiger partial charge in [-0.05, 0) is 49.2 Å². The largest absolute Gasteiger partial charge is 0.291 e. The number of halogens is 1. The van der Waals surface area contributed by atoms with Crippen LogP contribution in [0.3, 0.4) is 0 Å². The molecule has 0 unspecified atom stereocenters. The molecule has 2 rings (SSSR count). The van der Waals surface area contributed by atoms with E-state index in [-0.39, 0.29) is 11.8 Å². The minimum Gasteiger partial charge on any atom is -0.291 e. The zero-order valence-corrected chi connectivity index (χ0v) is 13.8. The predicted molar refractivity (Wildman–Crippen MR) is 84.1 cm³/mol. The highest BCUT2D eigenvalue weighted by molar-refractivity contribution is 9.10. The third kappa shape index (κ3) is 2.57. The Balaban J connectivity index is 2.49. The normalized spacial score (nSPS) is 11.9. The van der Waals surface area contributed by atoms with Crippen molar-refractivity contribution in [3.8, 4) is 0 Å². The quantitative estimate of drug-likeness (QED) is 0.777. The molecule has 0 saturated carbocycles. The van der Waals surface area contributed by atoms with Crippen LogP contribution < -0.4 is 0 Å². The second-order valence-electron chi connectivity index (χ2n) is 5.70. The predicted octanol–water partition coefficient (Wildman–Crippen LogP) is 4.39. The molecule has 0 atom stereocenters. The average molecular weight is 335 g/mol. The van der Waals surface area contributed by atoms with Gasteiger partial charge in [-0.2, -0.15) is 5.10 Å². The van der Waals surface area contributed by atoms with E-state index in [1.54, 1.807) is 10.9 Å². The van der Waals surface area contributed by atoms with Gasteiger partial charge in [0, 0.05) is 6.04 Å². The minimum atomic E-state index is -0.587. The molecule has 0 bridgehead atoms. The van der Waals surface area contributed by atoms with Crippen LogP contribution >= 0.6 is 15.9 Å². The lowest BCUT2D eigenvalue weighted by molar-refractivity contribution is 0.0894. The highest BCUT2D eigenvalue weighted by atomic mass is 79.9. The summed E-state index contributed by atoms with van der Waals surface area (Å²) in [6.07, 6.45) is 1.69. The van der Waals surface area contributed by atoms with E-state index in [4.69, 9.17) is 0 Å². The number of carbonyl (C=O) groups excluding carboxylic acids is 1. The van der Waals surface area contributed by atoms with Crippen LogP contribution in [-0.2, 0) is 5.41 Å². The average Bonchev–Trinajstić information content (AvgIpc) is 2.80. The Morgan fingerprint density at radius 2 is 1.85 bits per heavy atom. The van der Waals surface area contributed by atoms with E-state index in [0.717, 1.165) is 10.0 Å². The number of nitrogens with zero attached hydrogens (tertiary/aromatic N) is 2. The minimum absolute atomic E-state index is 0.0711. The van der Waals surface area contributed by atoms with Crippen LogP contribution in [0.15, 0.2) is 41.0 Å². The van der Waals surface area contributed by atoms with E-state index in [9.17, 15) is 4.79 Å². The second kappa shape index (κ2) is 5.52. The monoisotopic (exact) mass is 334 g/mol. The van der Waals surface area contributed by atoms with E-state index in [2.05, 4.69) is 21.0 Å². The third-order valence-corrected chi connectivity index (χ3v) is 4.10. The Hall–Kier alpha value is -1.42. The van der Waals surface area contributed by atoms with Gasteiger partial charge in [0.25, 0.3) is 0 Å². The summed E-state index contributed by atoms with van der Waals surface area (Å²) in [5.74, 6) is 0.0711. The molecule has 0 radical (unpaired) electrons. The maximum absolute atomic E-state index is 13.0. The highest BCUT2D eigenvalue weighted by Crippen LogP contribution is 2.31. The van der Waals surface area contributed by atoms with E-state index in [0.29, 0.717) is 5.69 Å². The van der Waals surface area contributed by atoms with E-state index < -0.39 is 5.41 Å². The molecule has 0 saturated heterocycles. The summed E-state index contributed by atoms with van der Waals surface area (Å²) in [6, 6.07) is 9.99. The standard InChI is InChI=1S/C16H19BrN2O/c1-11(2)19-14(13(17)10-18-19)15(20)16(3,4)12-8-6-5-7-9-12/h5-11H,1-4H3. The molecule has 0 spiro atoms.